The average molecular weight is 407 g/mol. The van der Waals surface area contributed by atoms with Crippen LogP contribution in [0.2, 0.25) is 0 Å². The Morgan fingerprint density at radius 2 is 1.42 bits per heavy atom. The van der Waals surface area contributed by atoms with Crippen molar-refractivity contribution in [3.63, 3.8) is 0 Å². The molecule has 4 rings (SSSR count). The lowest BCUT2D eigenvalue weighted by Gasteiger charge is -2.22. The molecule has 2 heteroatoms. The number of anilines is 1. The molecular formula is C29H30N2. The lowest BCUT2D eigenvalue weighted by molar-refractivity contribution is 0.866. The SMILES string of the molecule is CCN=C1C=CC(=C(c2ccc(N(CC)CC)cc2)c2cccc3ccccc23)C=C1. The summed E-state index contributed by atoms with van der Waals surface area (Å²) in [5, 5.41) is 2.53. The van der Waals surface area contributed by atoms with Gasteiger partial charge in [0, 0.05) is 25.3 Å². The van der Waals surface area contributed by atoms with Gasteiger partial charge >= 0.3 is 0 Å². The number of benzene rings is 3. The number of fused-ring (bicyclic) bond motifs is 1. The van der Waals surface area contributed by atoms with E-state index in [0.717, 1.165) is 25.3 Å². The molecule has 0 radical (unpaired) electrons. The number of nitrogens with zero attached hydrogens (tertiary/aromatic N) is 2. The molecule has 0 aliphatic heterocycles. The van der Waals surface area contributed by atoms with Gasteiger partial charge in [0.2, 0.25) is 0 Å². The van der Waals surface area contributed by atoms with Crippen molar-refractivity contribution in [2.45, 2.75) is 20.8 Å². The van der Waals surface area contributed by atoms with E-state index in [1.54, 1.807) is 0 Å². The first-order valence-electron chi connectivity index (χ1n) is 11.2. The monoisotopic (exact) mass is 406 g/mol. The van der Waals surface area contributed by atoms with Crippen LogP contribution >= 0.6 is 0 Å². The molecule has 0 N–H and O–H groups in total. The topological polar surface area (TPSA) is 15.6 Å². The molecule has 0 saturated heterocycles. The summed E-state index contributed by atoms with van der Waals surface area (Å²) in [4.78, 5) is 6.91. The van der Waals surface area contributed by atoms with Crippen molar-refractivity contribution >= 4 is 27.7 Å². The van der Waals surface area contributed by atoms with Crippen molar-refractivity contribution in [1.29, 1.82) is 0 Å². The third kappa shape index (κ3) is 4.39. The van der Waals surface area contributed by atoms with Crippen molar-refractivity contribution in [3.05, 3.63) is 108 Å². The molecular weight excluding hydrogens is 376 g/mol. The van der Waals surface area contributed by atoms with Gasteiger partial charge in [-0.15, -0.1) is 0 Å². The summed E-state index contributed by atoms with van der Waals surface area (Å²) in [7, 11) is 0. The molecule has 2 nitrogen and oxygen atoms in total. The minimum Gasteiger partial charge on any atom is -0.372 e. The highest BCUT2D eigenvalue weighted by atomic mass is 15.1. The molecule has 1 aliphatic carbocycles. The molecule has 0 bridgehead atoms. The van der Waals surface area contributed by atoms with E-state index in [1.807, 2.05) is 0 Å². The molecule has 1 aliphatic rings. The molecule has 3 aromatic rings. The molecule has 0 amide bonds. The Morgan fingerprint density at radius 3 is 2.10 bits per heavy atom. The van der Waals surface area contributed by atoms with Gasteiger partial charge in [-0.05, 0) is 78.1 Å². The van der Waals surface area contributed by atoms with Crippen molar-refractivity contribution in [3.8, 4) is 0 Å². The molecule has 0 fully saturated rings. The van der Waals surface area contributed by atoms with Crippen LogP contribution in [0.1, 0.15) is 31.9 Å². The summed E-state index contributed by atoms with van der Waals surface area (Å²) in [5.74, 6) is 0. The average Bonchev–Trinajstić information content (AvgIpc) is 2.82. The second kappa shape index (κ2) is 9.61. The Balaban J connectivity index is 1.89. The zero-order chi connectivity index (χ0) is 21.6. The first-order valence-corrected chi connectivity index (χ1v) is 11.2. The molecule has 0 spiro atoms. The van der Waals surface area contributed by atoms with Crippen molar-refractivity contribution in [2.75, 3.05) is 24.5 Å². The molecule has 0 unspecified atom stereocenters. The van der Waals surface area contributed by atoms with Crippen molar-refractivity contribution < 1.29 is 0 Å². The van der Waals surface area contributed by atoms with Crippen LogP contribution in [-0.2, 0) is 0 Å². The summed E-state index contributed by atoms with van der Waals surface area (Å²) in [6.07, 6.45) is 8.64. The van der Waals surface area contributed by atoms with Crippen LogP contribution in [0.3, 0.4) is 0 Å². The Labute approximate surface area is 185 Å². The Hall–Kier alpha value is -3.39. The fourth-order valence-electron chi connectivity index (χ4n) is 4.26. The molecule has 0 atom stereocenters. The van der Waals surface area contributed by atoms with Crippen molar-refractivity contribution in [1.82, 2.24) is 0 Å². The number of aliphatic imine (C=N–C) groups is 1. The van der Waals surface area contributed by atoms with Crippen LogP contribution in [0.25, 0.3) is 16.3 Å². The highest BCUT2D eigenvalue weighted by molar-refractivity contribution is 6.08. The van der Waals surface area contributed by atoms with Gasteiger partial charge in [-0.25, -0.2) is 0 Å². The zero-order valence-electron chi connectivity index (χ0n) is 18.7. The summed E-state index contributed by atoms with van der Waals surface area (Å²) >= 11 is 0. The molecule has 0 saturated carbocycles. The standard InChI is InChI=1S/C29H30N2/c1-4-30-25-18-14-23(15-19-25)29(24-16-20-26(21-17-24)31(5-2)6-3)28-13-9-11-22-10-7-8-12-27(22)28/h7-21H,4-6H2,1-3H3. The second-order valence-electron chi connectivity index (χ2n) is 7.64. The van der Waals surface area contributed by atoms with E-state index in [9.17, 15) is 0 Å². The highest BCUT2D eigenvalue weighted by Gasteiger charge is 2.14. The summed E-state index contributed by atoms with van der Waals surface area (Å²) in [6.45, 7) is 9.29. The van der Waals surface area contributed by atoms with Crippen LogP contribution in [0.5, 0.6) is 0 Å². The van der Waals surface area contributed by atoms with Gasteiger partial charge in [0.05, 0.1) is 5.71 Å². The zero-order valence-corrected chi connectivity index (χ0v) is 18.7. The van der Waals surface area contributed by atoms with Crippen LogP contribution in [-0.4, -0.2) is 25.3 Å². The predicted octanol–water partition coefficient (Wildman–Crippen LogP) is 7.07. The number of rotatable bonds is 6. The Kier molecular flexibility index (Phi) is 6.47. The maximum Gasteiger partial charge on any atom is 0.0574 e. The maximum atomic E-state index is 4.54. The smallest absolute Gasteiger partial charge is 0.0574 e. The van der Waals surface area contributed by atoms with E-state index in [4.69, 9.17) is 0 Å². The second-order valence-corrected chi connectivity index (χ2v) is 7.64. The molecule has 156 valence electrons. The summed E-state index contributed by atoms with van der Waals surface area (Å²) < 4.78 is 0. The number of hydrogen-bond acceptors (Lipinski definition) is 2. The van der Waals surface area contributed by atoms with Gasteiger partial charge in [-0.2, -0.15) is 0 Å². The van der Waals surface area contributed by atoms with Gasteiger partial charge < -0.3 is 4.90 Å². The van der Waals surface area contributed by atoms with E-state index < -0.39 is 0 Å². The van der Waals surface area contributed by atoms with Gasteiger partial charge in [-0.3, -0.25) is 4.99 Å². The fourth-order valence-corrected chi connectivity index (χ4v) is 4.26. The summed E-state index contributed by atoms with van der Waals surface area (Å²) in [5.41, 5.74) is 7.25. The van der Waals surface area contributed by atoms with Gasteiger partial charge in [0.25, 0.3) is 0 Å². The van der Waals surface area contributed by atoms with E-state index >= 15 is 0 Å². The predicted molar refractivity (Wildman–Crippen MR) is 136 cm³/mol. The summed E-state index contributed by atoms with van der Waals surface area (Å²) in [6, 6.07) is 24.2. The van der Waals surface area contributed by atoms with Crippen LogP contribution in [0, 0.1) is 0 Å². The normalized spacial score (nSPS) is 13.0. The minimum atomic E-state index is 0.798. The fraction of sp³-hybridized carbons (Fsp3) is 0.207. The maximum absolute atomic E-state index is 4.54. The van der Waals surface area contributed by atoms with Gasteiger partial charge in [0.15, 0.2) is 0 Å². The van der Waals surface area contributed by atoms with Gasteiger partial charge in [0.1, 0.15) is 0 Å². The number of hydrogen-bond donors (Lipinski definition) is 0. The van der Waals surface area contributed by atoms with Crippen LogP contribution < -0.4 is 4.90 Å². The first-order chi connectivity index (χ1) is 15.2. The first kappa shape index (κ1) is 20.9. The Bertz CT molecular complexity index is 1150. The molecule has 0 aromatic heterocycles. The minimum absolute atomic E-state index is 0.798. The Morgan fingerprint density at radius 1 is 0.742 bits per heavy atom. The van der Waals surface area contributed by atoms with Gasteiger partial charge in [-0.1, -0.05) is 66.7 Å². The lowest BCUT2D eigenvalue weighted by atomic mass is 9.88. The van der Waals surface area contributed by atoms with E-state index in [2.05, 4.69) is 122 Å². The molecule has 31 heavy (non-hydrogen) atoms. The third-order valence-electron chi connectivity index (χ3n) is 5.84. The van der Waals surface area contributed by atoms with Crippen molar-refractivity contribution in [2.24, 2.45) is 4.99 Å². The quantitative estimate of drug-likeness (QED) is 0.427. The lowest BCUT2D eigenvalue weighted by Crippen LogP contribution is -2.21. The third-order valence-corrected chi connectivity index (χ3v) is 5.84. The molecule has 0 heterocycles. The van der Waals surface area contributed by atoms with E-state index in [1.165, 1.54) is 38.7 Å². The van der Waals surface area contributed by atoms with Crippen LogP contribution in [0.4, 0.5) is 5.69 Å². The molecule has 3 aromatic carbocycles. The van der Waals surface area contributed by atoms with E-state index in [0.29, 0.717) is 0 Å². The largest absolute Gasteiger partial charge is 0.372 e. The van der Waals surface area contributed by atoms with Crippen LogP contribution in [0.15, 0.2) is 102 Å². The number of allylic oxidation sites excluding steroid dienone is 5. The van der Waals surface area contributed by atoms with E-state index in [-0.39, 0.29) is 0 Å². The highest BCUT2D eigenvalue weighted by Crippen LogP contribution is 2.35.